The molecule has 1 aromatic carbocycles. The molecule has 0 bridgehead atoms. The van der Waals surface area contributed by atoms with Gasteiger partial charge in [-0.2, -0.15) is 0 Å². The molecule has 110 valence electrons. The molecule has 3 unspecified atom stereocenters. The van der Waals surface area contributed by atoms with E-state index in [-0.39, 0.29) is 0 Å². The summed E-state index contributed by atoms with van der Waals surface area (Å²) in [6, 6.07) is 12.5. The molecule has 3 rings (SSSR count). The van der Waals surface area contributed by atoms with Gasteiger partial charge in [0.25, 0.3) is 0 Å². The SMILES string of the molecule is NC1CCC(NCC(c2ccccc2)N2CCCC2)C1. The van der Waals surface area contributed by atoms with Gasteiger partial charge in [-0.25, -0.2) is 0 Å². The molecular weight excluding hydrogens is 246 g/mol. The molecule has 1 saturated heterocycles. The van der Waals surface area contributed by atoms with Crippen LogP contribution < -0.4 is 11.1 Å². The van der Waals surface area contributed by atoms with Gasteiger partial charge in [-0.1, -0.05) is 30.3 Å². The van der Waals surface area contributed by atoms with E-state index in [1.165, 1.54) is 44.3 Å². The van der Waals surface area contributed by atoms with Crippen molar-refractivity contribution in [2.75, 3.05) is 19.6 Å². The monoisotopic (exact) mass is 273 g/mol. The minimum Gasteiger partial charge on any atom is -0.328 e. The molecule has 0 aromatic heterocycles. The van der Waals surface area contributed by atoms with E-state index in [0.717, 1.165) is 13.0 Å². The highest BCUT2D eigenvalue weighted by molar-refractivity contribution is 5.19. The molecule has 1 aliphatic heterocycles. The third kappa shape index (κ3) is 3.40. The van der Waals surface area contributed by atoms with E-state index in [2.05, 4.69) is 40.5 Å². The van der Waals surface area contributed by atoms with Crippen LogP contribution in [0.2, 0.25) is 0 Å². The van der Waals surface area contributed by atoms with Crippen molar-refractivity contribution in [3.8, 4) is 0 Å². The molecule has 2 fully saturated rings. The maximum absolute atomic E-state index is 6.01. The summed E-state index contributed by atoms with van der Waals surface area (Å²) in [4.78, 5) is 2.64. The Morgan fingerprint density at radius 3 is 2.55 bits per heavy atom. The highest BCUT2D eigenvalue weighted by atomic mass is 15.2. The Kier molecular flexibility index (Phi) is 4.71. The van der Waals surface area contributed by atoms with Crippen molar-refractivity contribution < 1.29 is 0 Å². The van der Waals surface area contributed by atoms with Gasteiger partial charge >= 0.3 is 0 Å². The van der Waals surface area contributed by atoms with E-state index in [1.54, 1.807) is 0 Å². The second kappa shape index (κ2) is 6.70. The van der Waals surface area contributed by atoms with Crippen LogP contribution in [0.25, 0.3) is 0 Å². The lowest BCUT2D eigenvalue weighted by molar-refractivity contribution is 0.232. The number of nitrogens with zero attached hydrogens (tertiary/aromatic N) is 1. The topological polar surface area (TPSA) is 41.3 Å². The zero-order valence-electron chi connectivity index (χ0n) is 12.3. The summed E-state index contributed by atoms with van der Waals surface area (Å²) in [5, 5.41) is 3.77. The van der Waals surface area contributed by atoms with Crippen molar-refractivity contribution in [2.45, 2.75) is 50.2 Å². The van der Waals surface area contributed by atoms with Crippen LogP contribution in [-0.2, 0) is 0 Å². The molecule has 1 aliphatic carbocycles. The predicted octanol–water partition coefficient (Wildman–Crippen LogP) is 2.29. The number of hydrogen-bond donors (Lipinski definition) is 2. The lowest BCUT2D eigenvalue weighted by Gasteiger charge is -2.29. The highest BCUT2D eigenvalue weighted by Crippen LogP contribution is 2.25. The van der Waals surface area contributed by atoms with Crippen molar-refractivity contribution in [1.82, 2.24) is 10.2 Å². The quantitative estimate of drug-likeness (QED) is 0.865. The normalized spacial score (nSPS) is 28.9. The van der Waals surface area contributed by atoms with Crippen LogP contribution >= 0.6 is 0 Å². The summed E-state index contributed by atoms with van der Waals surface area (Å²) in [6.45, 7) is 3.54. The van der Waals surface area contributed by atoms with Gasteiger partial charge in [-0.15, -0.1) is 0 Å². The molecular formula is C17H27N3. The number of benzene rings is 1. The van der Waals surface area contributed by atoms with Crippen LogP contribution in [0.15, 0.2) is 30.3 Å². The molecule has 1 saturated carbocycles. The van der Waals surface area contributed by atoms with Crippen LogP contribution in [0.5, 0.6) is 0 Å². The minimum atomic E-state index is 0.412. The Morgan fingerprint density at radius 2 is 1.90 bits per heavy atom. The largest absolute Gasteiger partial charge is 0.328 e. The smallest absolute Gasteiger partial charge is 0.0472 e. The minimum absolute atomic E-state index is 0.412. The zero-order chi connectivity index (χ0) is 13.8. The van der Waals surface area contributed by atoms with E-state index < -0.39 is 0 Å². The Morgan fingerprint density at radius 1 is 1.15 bits per heavy atom. The van der Waals surface area contributed by atoms with Gasteiger partial charge in [-0.3, -0.25) is 4.90 Å². The highest BCUT2D eigenvalue weighted by Gasteiger charge is 2.26. The first-order chi connectivity index (χ1) is 9.83. The van der Waals surface area contributed by atoms with Gasteiger partial charge in [0, 0.05) is 24.7 Å². The fourth-order valence-corrected chi connectivity index (χ4v) is 3.67. The first kappa shape index (κ1) is 14.1. The third-order valence-electron chi connectivity index (χ3n) is 4.84. The maximum atomic E-state index is 6.01. The fourth-order valence-electron chi connectivity index (χ4n) is 3.67. The lowest BCUT2D eigenvalue weighted by atomic mass is 10.0. The van der Waals surface area contributed by atoms with Crippen LogP contribution in [0.1, 0.15) is 43.7 Å². The fraction of sp³-hybridized carbons (Fsp3) is 0.647. The summed E-state index contributed by atoms with van der Waals surface area (Å²) >= 11 is 0. The van der Waals surface area contributed by atoms with Gasteiger partial charge in [-0.05, 0) is 50.8 Å². The lowest BCUT2D eigenvalue weighted by Crippen LogP contribution is -2.38. The van der Waals surface area contributed by atoms with Crippen molar-refractivity contribution >= 4 is 0 Å². The van der Waals surface area contributed by atoms with Crippen LogP contribution in [0, 0.1) is 0 Å². The molecule has 1 heterocycles. The molecule has 3 N–H and O–H groups in total. The number of rotatable bonds is 5. The molecule has 0 spiro atoms. The average molecular weight is 273 g/mol. The van der Waals surface area contributed by atoms with Crippen LogP contribution in [0.4, 0.5) is 0 Å². The molecule has 0 amide bonds. The Balaban J connectivity index is 1.63. The maximum Gasteiger partial charge on any atom is 0.0472 e. The van der Waals surface area contributed by atoms with Crippen LogP contribution in [-0.4, -0.2) is 36.6 Å². The molecule has 3 nitrogen and oxygen atoms in total. The number of nitrogens with one attached hydrogen (secondary N) is 1. The predicted molar refractivity (Wildman–Crippen MR) is 83.6 cm³/mol. The molecule has 20 heavy (non-hydrogen) atoms. The van der Waals surface area contributed by atoms with E-state index in [9.17, 15) is 0 Å². The molecule has 1 aromatic rings. The number of likely N-dealkylation sites (tertiary alicyclic amines) is 1. The van der Waals surface area contributed by atoms with Crippen LogP contribution in [0.3, 0.4) is 0 Å². The molecule has 3 heteroatoms. The van der Waals surface area contributed by atoms with Gasteiger partial charge in [0.2, 0.25) is 0 Å². The van der Waals surface area contributed by atoms with Gasteiger partial charge in [0.15, 0.2) is 0 Å². The Hall–Kier alpha value is -0.900. The Bertz CT molecular complexity index is 400. The van der Waals surface area contributed by atoms with E-state index in [4.69, 9.17) is 5.73 Å². The van der Waals surface area contributed by atoms with E-state index in [0.29, 0.717) is 18.1 Å². The second-order valence-corrected chi connectivity index (χ2v) is 6.35. The molecule has 0 radical (unpaired) electrons. The first-order valence-corrected chi connectivity index (χ1v) is 8.11. The first-order valence-electron chi connectivity index (χ1n) is 8.11. The Labute approximate surface area is 122 Å². The molecule has 2 aliphatic rings. The summed E-state index contributed by atoms with van der Waals surface area (Å²) in [5.74, 6) is 0. The zero-order valence-corrected chi connectivity index (χ0v) is 12.3. The van der Waals surface area contributed by atoms with Gasteiger partial charge in [0.1, 0.15) is 0 Å². The second-order valence-electron chi connectivity index (χ2n) is 6.35. The number of hydrogen-bond acceptors (Lipinski definition) is 3. The summed E-state index contributed by atoms with van der Waals surface area (Å²) in [7, 11) is 0. The van der Waals surface area contributed by atoms with E-state index >= 15 is 0 Å². The average Bonchev–Trinajstić information content (AvgIpc) is 3.12. The van der Waals surface area contributed by atoms with Crippen molar-refractivity contribution in [3.63, 3.8) is 0 Å². The van der Waals surface area contributed by atoms with Gasteiger partial charge in [0.05, 0.1) is 0 Å². The summed E-state index contributed by atoms with van der Waals surface area (Å²) in [6.07, 6.45) is 6.25. The van der Waals surface area contributed by atoms with E-state index in [1.807, 2.05) is 0 Å². The summed E-state index contributed by atoms with van der Waals surface area (Å²) in [5.41, 5.74) is 7.46. The number of nitrogens with two attached hydrogens (primary N) is 1. The summed E-state index contributed by atoms with van der Waals surface area (Å²) < 4.78 is 0. The molecule has 3 atom stereocenters. The van der Waals surface area contributed by atoms with Crippen molar-refractivity contribution in [2.24, 2.45) is 5.73 Å². The third-order valence-corrected chi connectivity index (χ3v) is 4.84. The van der Waals surface area contributed by atoms with Crippen molar-refractivity contribution in [1.29, 1.82) is 0 Å². The van der Waals surface area contributed by atoms with Crippen molar-refractivity contribution in [3.05, 3.63) is 35.9 Å². The standard InChI is InChI=1S/C17H27N3/c18-15-8-9-16(12-15)19-13-17(20-10-4-5-11-20)14-6-2-1-3-7-14/h1-3,6-7,15-17,19H,4-5,8-13,18H2. The van der Waals surface area contributed by atoms with Gasteiger partial charge < -0.3 is 11.1 Å².